The summed E-state index contributed by atoms with van der Waals surface area (Å²) in [6.45, 7) is 0. The van der Waals surface area contributed by atoms with Crippen LogP contribution in [0.2, 0.25) is 0 Å². The van der Waals surface area contributed by atoms with Crippen molar-refractivity contribution in [2.24, 2.45) is 5.73 Å². The number of hydrogen-bond acceptors (Lipinski definition) is 3. The van der Waals surface area contributed by atoms with Crippen LogP contribution in [0.4, 0.5) is 0 Å². The van der Waals surface area contributed by atoms with E-state index in [0.717, 1.165) is 12.0 Å². The summed E-state index contributed by atoms with van der Waals surface area (Å²) in [6.07, 6.45) is 9.91. The minimum atomic E-state index is -0.0171. The summed E-state index contributed by atoms with van der Waals surface area (Å²) in [5, 5.41) is 7.39. The smallest absolute Gasteiger partial charge is 0.0543 e. The number of nitrogens with zero attached hydrogens (tertiary/aromatic N) is 2. The fourth-order valence-corrected chi connectivity index (χ4v) is 0.926. The van der Waals surface area contributed by atoms with Gasteiger partial charge in [0.25, 0.3) is 0 Å². The molecular weight excluding hydrogens is 150 g/mol. The van der Waals surface area contributed by atoms with E-state index in [1.54, 1.807) is 12.4 Å². The largest absolute Gasteiger partial charge is 0.324 e. The van der Waals surface area contributed by atoms with Gasteiger partial charge in [0.2, 0.25) is 0 Å². The van der Waals surface area contributed by atoms with Crippen LogP contribution in [0, 0.1) is 12.3 Å². The first-order valence-corrected chi connectivity index (χ1v) is 3.80. The Morgan fingerprint density at radius 2 is 2.42 bits per heavy atom. The third-order valence-corrected chi connectivity index (χ3v) is 1.63. The lowest BCUT2D eigenvalue weighted by Crippen LogP contribution is -2.10. The first-order chi connectivity index (χ1) is 5.84. The molecule has 0 aliphatic rings. The highest BCUT2D eigenvalue weighted by Gasteiger charge is 2.03. The van der Waals surface area contributed by atoms with Crippen LogP contribution in [-0.4, -0.2) is 10.2 Å². The Balaban J connectivity index is 2.55. The zero-order valence-electron chi connectivity index (χ0n) is 6.77. The fourth-order valence-electron chi connectivity index (χ4n) is 0.926. The fraction of sp³-hybridized carbons (Fsp3) is 0.333. The Labute approximate surface area is 72.0 Å². The molecule has 0 aliphatic heterocycles. The van der Waals surface area contributed by atoms with Gasteiger partial charge in [-0.3, -0.25) is 0 Å². The number of terminal acetylenes is 1. The summed E-state index contributed by atoms with van der Waals surface area (Å²) >= 11 is 0. The van der Waals surface area contributed by atoms with E-state index in [9.17, 15) is 0 Å². The molecule has 3 heteroatoms. The maximum Gasteiger partial charge on any atom is 0.0543 e. The van der Waals surface area contributed by atoms with Gasteiger partial charge in [0, 0.05) is 18.7 Å². The molecule has 1 aromatic heterocycles. The molecule has 1 heterocycles. The van der Waals surface area contributed by atoms with Gasteiger partial charge >= 0.3 is 0 Å². The molecule has 1 aromatic rings. The summed E-state index contributed by atoms with van der Waals surface area (Å²) in [5.74, 6) is 2.55. The minimum Gasteiger partial charge on any atom is -0.324 e. The maximum absolute atomic E-state index is 5.82. The van der Waals surface area contributed by atoms with Crippen LogP contribution in [0.15, 0.2) is 18.5 Å². The molecular formula is C9H11N3. The summed E-state index contributed by atoms with van der Waals surface area (Å²) in [6, 6.07) is 1.84. The molecule has 1 rings (SSSR count). The number of hydrogen-bond donors (Lipinski definition) is 1. The van der Waals surface area contributed by atoms with Crippen molar-refractivity contribution < 1.29 is 0 Å². The van der Waals surface area contributed by atoms with Crippen molar-refractivity contribution in [2.45, 2.75) is 18.9 Å². The molecule has 0 saturated carbocycles. The Kier molecular flexibility index (Phi) is 3.24. The van der Waals surface area contributed by atoms with Gasteiger partial charge in [0.1, 0.15) is 0 Å². The SMILES string of the molecule is C#CCCC(N)c1ccnnc1. The van der Waals surface area contributed by atoms with E-state index < -0.39 is 0 Å². The third-order valence-electron chi connectivity index (χ3n) is 1.63. The Bertz CT molecular complexity index is 263. The van der Waals surface area contributed by atoms with E-state index >= 15 is 0 Å². The molecule has 62 valence electrons. The zero-order valence-corrected chi connectivity index (χ0v) is 6.77. The zero-order chi connectivity index (χ0) is 8.81. The first-order valence-electron chi connectivity index (χ1n) is 3.80. The van der Waals surface area contributed by atoms with E-state index in [1.807, 2.05) is 6.07 Å². The molecule has 3 nitrogen and oxygen atoms in total. The van der Waals surface area contributed by atoms with Crippen LogP contribution in [0.1, 0.15) is 24.4 Å². The van der Waals surface area contributed by atoms with Gasteiger partial charge in [-0.1, -0.05) is 0 Å². The second-order valence-corrected chi connectivity index (χ2v) is 2.53. The molecule has 12 heavy (non-hydrogen) atoms. The summed E-state index contributed by atoms with van der Waals surface area (Å²) in [5.41, 5.74) is 6.80. The van der Waals surface area contributed by atoms with Crippen LogP contribution >= 0.6 is 0 Å². The second-order valence-electron chi connectivity index (χ2n) is 2.53. The average molecular weight is 161 g/mol. The van der Waals surface area contributed by atoms with Crippen molar-refractivity contribution >= 4 is 0 Å². The predicted octanol–water partition coefficient (Wildman–Crippen LogP) is 0.890. The Hall–Kier alpha value is -1.40. The third kappa shape index (κ3) is 2.33. The van der Waals surface area contributed by atoms with Gasteiger partial charge in [0.05, 0.1) is 6.20 Å². The van der Waals surface area contributed by atoms with Gasteiger partial charge in [-0.05, 0) is 18.1 Å². The molecule has 0 aliphatic carbocycles. The second kappa shape index (κ2) is 4.47. The summed E-state index contributed by atoms with van der Waals surface area (Å²) < 4.78 is 0. The minimum absolute atomic E-state index is 0.0171. The van der Waals surface area contributed by atoms with Crippen molar-refractivity contribution in [3.63, 3.8) is 0 Å². The van der Waals surface area contributed by atoms with Crippen LogP contribution in [0.3, 0.4) is 0 Å². The van der Waals surface area contributed by atoms with Crippen LogP contribution in [0.25, 0.3) is 0 Å². The quantitative estimate of drug-likeness (QED) is 0.670. The van der Waals surface area contributed by atoms with E-state index in [0.29, 0.717) is 6.42 Å². The van der Waals surface area contributed by atoms with Crippen molar-refractivity contribution in [3.8, 4) is 12.3 Å². The van der Waals surface area contributed by atoms with Gasteiger partial charge in [-0.25, -0.2) is 0 Å². The highest BCUT2D eigenvalue weighted by atomic mass is 15.1. The van der Waals surface area contributed by atoms with Crippen molar-refractivity contribution in [1.29, 1.82) is 0 Å². The van der Waals surface area contributed by atoms with E-state index in [4.69, 9.17) is 12.2 Å². The number of aromatic nitrogens is 2. The van der Waals surface area contributed by atoms with E-state index in [-0.39, 0.29) is 6.04 Å². The molecule has 1 unspecified atom stereocenters. The molecule has 0 aromatic carbocycles. The summed E-state index contributed by atoms with van der Waals surface area (Å²) in [7, 11) is 0. The standard InChI is InChI=1S/C9H11N3/c1-2-3-4-9(10)8-5-6-11-12-7-8/h1,5-7,9H,3-4,10H2. The van der Waals surface area contributed by atoms with Crippen molar-refractivity contribution in [1.82, 2.24) is 10.2 Å². The molecule has 0 fully saturated rings. The lowest BCUT2D eigenvalue weighted by atomic mass is 10.1. The molecule has 2 N–H and O–H groups in total. The van der Waals surface area contributed by atoms with Crippen LogP contribution < -0.4 is 5.73 Å². The molecule has 1 atom stereocenters. The molecule has 0 bridgehead atoms. The lowest BCUT2D eigenvalue weighted by molar-refractivity contribution is 0.661. The van der Waals surface area contributed by atoms with Crippen molar-refractivity contribution in [3.05, 3.63) is 24.0 Å². The highest BCUT2D eigenvalue weighted by Crippen LogP contribution is 2.12. The van der Waals surface area contributed by atoms with Gasteiger partial charge in [-0.2, -0.15) is 10.2 Å². The number of nitrogens with two attached hydrogens (primary N) is 1. The first kappa shape index (κ1) is 8.69. The normalized spacial score (nSPS) is 12.0. The molecule has 0 amide bonds. The van der Waals surface area contributed by atoms with Crippen LogP contribution in [-0.2, 0) is 0 Å². The predicted molar refractivity (Wildman–Crippen MR) is 47.0 cm³/mol. The highest BCUT2D eigenvalue weighted by molar-refractivity contribution is 5.10. The molecule has 0 radical (unpaired) electrons. The number of rotatable bonds is 3. The van der Waals surface area contributed by atoms with E-state index in [1.165, 1.54) is 0 Å². The van der Waals surface area contributed by atoms with E-state index in [2.05, 4.69) is 16.1 Å². The van der Waals surface area contributed by atoms with Gasteiger partial charge in [0.15, 0.2) is 0 Å². The van der Waals surface area contributed by atoms with Gasteiger partial charge < -0.3 is 5.73 Å². The molecule has 0 spiro atoms. The molecule has 0 saturated heterocycles. The van der Waals surface area contributed by atoms with Crippen molar-refractivity contribution in [2.75, 3.05) is 0 Å². The van der Waals surface area contributed by atoms with Crippen LogP contribution in [0.5, 0.6) is 0 Å². The topological polar surface area (TPSA) is 51.8 Å². The van der Waals surface area contributed by atoms with Gasteiger partial charge in [-0.15, -0.1) is 12.3 Å². The Morgan fingerprint density at radius 3 is 3.00 bits per heavy atom. The lowest BCUT2D eigenvalue weighted by Gasteiger charge is -2.07. The Morgan fingerprint density at radius 1 is 1.58 bits per heavy atom. The monoisotopic (exact) mass is 161 g/mol. The summed E-state index contributed by atoms with van der Waals surface area (Å²) in [4.78, 5) is 0. The maximum atomic E-state index is 5.82. The average Bonchev–Trinajstić information content (AvgIpc) is 2.15.